The molecule has 0 aliphatic heterocycles. The first kappa shape index (κ1) is 14.9. The molecule has 19 heavy (non-hydrogen) atoms. The van der Waals surface area contributed by atoms with Crippen LogP contribution in [0.4, 0.5) is 11.4 Å². The number of aliphatic hydroxyl groups is 1. The summed E-state index contributed by atoms with van der Waals surface area (Å²) in [6, 6.07) is 3.84. The molecule has 1 rings (SSSR count). The number of nitrogens with zero attached hydrogens (tertiary/aromatic N) is 1. The van der Waals surface area contributed by atoms with E-state index < -0.39 is 16.9 Å². The summed E-state index contributed by atoms with van der Waals surface area (Å²) >= 11 is 0. The monoisotopic (exact) mass is 269 g/mol. The number of nitrogens with two attached hydrogens (primary N) is 1. The van der Waals surface area contributed by atoms with E-state index in [1.54, 1.807) is 0 Å². The van der Waals surface area contributed by atoms with Crippen LogP contribution in [0.25, 0.3) is 0 Å². The summed E-state index contributed by atoms with van der Waals surface area (Å²) in [5.74, 6) is -0.742. The molecule has 0 aliphatic rings. The maximum absolute atomic E-state index is 11.0. The molecule has 0 aromatic heterocycles. The van der Waals surface area contributed by atoms with Crippen LogP contribution in [0.5, 0.6) is 0 Å². The van der Waals surface area contributed by atoms with E-state index in [1.165, 1.54) is 19.2 Å². The molecular formula is C11H15N3O5. The molecule has 0 spiro atoms. The van der Waals surface area contributed by atoms with Gasteiger partial charge in [-0.25, -0.2) is 0 Å². The third-order valence-corrected chi connectivity index (χ3v) is 2.37. The lowest BCUT2D eigenvalue weighted by molar-refractivity contribution is -0.384. The maximum atomic E-state index is 11.0. The molecule has 0 fully saturated rings. The largest absolute Gasteiger partial charge is 0.389 e. The highest BCUT2D eigenvalue weighted by Crippen LogP contribution is 2.25. The van der Waals surface area contributed by atoms with Gasteiger partial charge in [-0.2, -0.15) is 0 Å². The van der Waals surface area contributed by atoms with Gasteiger partial charge in [-0.05, 0) is 12.1 Å². The molecule has 0 saturated heterocycles. The fourth-order valence-electron chi connectivity index (χ4n) is 1.46. The Morgan fingerprint density at radius 3 is 2.84 bits per heavy atom. The molecule has 0 radical (unpaired) electrons. The molecule has 4 N–H and O–H groups in total. The van der Waals surface area contributed by atoms with Crippen molar-refractivity contribution >= 4 is 17.3 Å². The summed E-state index contributed by atoms with van der Waals surface area (Å²) in [6.07, 6.45) is -0.791. The molecule has 1 atom stereocenters. The lowest BCUT2D eigenvalue weighted by atomic mass is 10.1. The number of ether oxygens (including phenoxy) is 1. The van der Waals surface area contributed by atoms with Gasteiger partial charge in [0, 0.05) is 25.3 Å². The number of methoxy groups -OCH3 is 1. The van der Waals surface area contributed by atoms with Gasteiger partial charge in [0.05, 0.1) is 17.6 Å². The smallest absolute Gasteiger partial charge is 0.293 e. The number of carbonyl (C=O) groups excluding carboxylic acids is 1. The van der Waals surface area contributed by atoms with Crippen molar-refractivity contribution in [3.05, 3.63) is 33.9 Å². The molecule has 1 amide bonds. The van der Waals surface area contributed by atoms with Gasteiger partial charge in [-0.3, -0.25) is 14.9 Å². The van der Waals surface area contributed by atoms with Crippen molar-refractivity contribution in [1.82, 2.24) is 0 Å². The molecule has 8 heteroatoms. The molecule has 8 nitrogen and oxygen atoms in total. The molecule has 0 saturated carbocycles. The van der Waals surface area contributed by atoms with E-state index in [0.717, 1.165) is 6.07 Å². The van der Waals surface area contributed by atoms with E-state index in [2.05, 4.69) is 5.32 Å². The minimum Gasteiger partial charge on any atom is -0.389 e. The number of primary amides is 1. The van der Waals surface area contributed by atoms with Crippen molar-refractivity contribution in [2.24, 2.45) is 5.73 Å². The van der Waals surface area contributed by atoms with Gasteiger partial charge in [-0.1, -0.05) is 0 Å². The summed E-state index contributed by atoms with van der Waals surface area (Å²) in [6.45, 7) is 0.199. The highest BCUT2D eigenvalue weighted by Gasteiger charge is 2.17. The van der Waals surface area contributed by atoms with Gasteiger partial charge >= 0.3 is 0 Å². The van der Waals surface area contributed by atoms with Gasteiger partial charge in [0.2, 0.25) is 5.91 Å². The number of amides is 1. The fraction of sp³-hybridized carbons (Fsp3) is 0.364. The summed E-state index contributed by atoms with van der Waals surface area (Å²) in [5.41, 5.74) is 5.03. The topological polar surface area (TPSA) is 128 Å². The third-order valence-electron chi connectivity index (χ3n) is 2.37. The predicted octanol–water partition coefficient (Wildman–Crippen LogP) is 0.113. The normalized spacial score (nSPS) is 11.9. The molecule has 0 aliphatic carbocycles. The third kappa shape index (κ3) is 4.19. The number of hydrogen-bond acceptors (Lipinski definition) is 6. The number of aliphatic hydroxyl groups excluding tert-OH is 1. The number of hydrogen-bond donors (Lipinski definition) is 3. The average molecular weight is 269 g/mol. The summed E-state index contributed by atoms with van der Waals surface area (Å²) in [7, 11) is 1.44. The molecule has 1 unspecified atom stereocenters. The van der Waals surface area contributed by atoms with E-state index in [-0.39, 0.29) is 30.1 Å². The quantitative estimate of drug-likeness (QED) is 0.476. The Morgan fingerprint density at radius 1 is 1.63 bits per heavy atom. The zero-order valence-corrected chi connectivity index (χ0v) is 10.3. The molecule has 1 aromatic carbocycles. The van der Waals surface area contributed by atoms with Crippen LogP contribution < -0.4 is 11.1 Å². The van der Waals surface area contributed by atoms with Crippen molar-refractivity contribution in [2.75, 3.05) is 25.6 Å². The minimum atomic E-state index is -0.791. The molecule has 0 heterocycles. The van der Waals surface area contributed by atoms with Crippen LogP contribution >= 0.6 is 0 Å². The van der Waals surface area contributed by atoms with Crippen molar-refractivity contribution in [1.29, 1.82) is 0 Å². The lowest BCUT2D eigenvalue weighted by Crippen LogP contribution is -2.24. The molecule has 1 aromatic rings. The van der Waals surface area contributed by atoms with Crippen LogP contribution in [0.3, 0.4) is 0 Å². The Kier molecular flexibility index (Phi) is 5.22. The van der Waals surface area contributed by atoms with Gasteiger partial charge in [0.25, 0.3) is 5.69 Å². The first-order valence-electron chi connectivity index (χ1n) is 5.44. The van der Waals surface area contributed by atoms with Gasteiger partial charge < -0.3 is 20.9 Å². The van der Waals surface area contributed by atoms with Crippen molar-refractivity contribution in [3.8, 4) is 0 Å². The number of anilines is 1. The zero-order chi connectivity index (χ0) is 14.4. The second-order valence-corrected chi connectivity index (χ2v) is 3.84. The number of nitrogens with one attached hydrogen (secondary N) is 1. The summed E-state index contributed by atoms with van der Waals surface area (Å²) in [4.78, 5) is 21.2. The van der Waals surface area contributed by atoms with Crippen LogP contribution in [0.2, 0.25) is 0 Å². The van der Waals surface area contributed by atoms with Crippen LogP contribution in [0.1, 0.15) is 10.4 Å². The number of carbonyl (C=O) groups is 1. The second-order valence-electron chi connectivity index (χ2n) is 3.84. The Morgan fingerprint density at radius 2 is 2.32 bits per heavy atom. The van der Waals surface area contributed by atoms with Gasteiger partial charge in [-0.15, -0.1) is 0 Å². The van der Waals surface area contributed by atoms with Crippen molar-refractivity contribution in [2.45, 2.75) is 6.10 Å². The highest BCUT2D eigenvalue weighted by atomic mass is 16.6. The van der Waals surface area contributed by atoms with E-state index in [1.807, 2.05) is 0 Å². The predicted molar refractivity (Wildman–Crippen MR) is 68.0 cm³/mol. The number of benzene rings is 1. The average Bonchev–Trinajstić information content (AvgIpc) is 2.36. The number of rotatable bonds is 7. The van der Waals surface area contributed by atoms with Crippen LogP contribution in [-0.2, 0) is 4.74 Å². The van der Waals surface area contributed by atoms with Crippen molar-refractivity contribution < 1.29 is 19.6 Å². The van der Waals surface area contributed by atoms with Crippen molar-refractivity contribution in [3.63, 3.8) is 0 Å². The first-order chi connectivity index (χ1) is 8.95. The Bertz CT molecular complexity index is 477. The lowest BCUT2D eigenvalue weighted by Gasteiger charge is -2.12. The Hall–Kier alpha value is -2.19. The number of nitro groups is 1. The first-order valence-corrected chi connectivity index (χ1v) is 5.44. The zero-order valence-electron chi connectivity index (χ0n) is 10.3. The number of nitro benzene ring substituents is 1. The highest BCUT2D eigenvalue weighted by molar-refractivity contribution is 5.94. The van der Waals surface area contributed by atoms with Gasteiger partial charge in [0.1, 0.15) is 5.69 Å². The second kappa shape index (κ2) is 6.66. The SMILES string of the molecule is COCC(O)CNc1ccc(C(N)=O)cc1[N+](=O)[O-]. The van der Waals surface area contributed by atoms with E-state index in [0.29, 0.717) is 0 Å². The molecular weight excluding hydrogens is 254 g/mol. The molecule has 104 valence electrons. The van der Waals surface area contributed by atoms with Crippen LogP contribution in [0.15, 0.2) is 18.2 Å². The van der Waals surface area contributed by atoms with Gasteiger partial charge in [0.15, 0.2) is 0 Å². The Balaban J connectivity index is 2.88. The Labute approximate surface area is 109 Å². The van der Waals surface area contributed by atoms with Crippen LogP contribution in [0, 0.1) is 10.1 Å². The fourth-order valence-corrected chi connectivity index (χ4v) is 1.46. The maximum Gasteiger partial charge on any atom is 0.293 e. The van der Waals surface area contributed by atoms with E-state index >= 15 is 0 Å². The standard InChI is InChI=1S/C11H15N3O5/c1-19-6-8(15)5-13-9-3-2-7(11(12)16)4-10(9)14(17)18/h2-4,8,13,15H,5-6H2,1H3,(H2,12,16). The summed E-state index contributed by atoms with van der Waals surface area (Å²) in [5, 5.41) is 23.1. The molecule has 0 bridgehead atoms. The van der Waals surface area contributed by atoms with E-state index in [9.17, 15) is 20.0 Å². The van der Waals surface area contributed by atoms with Crippen LogP contribution in [-0.4, -0.2) is 42.3 Å². The van der Waals surface area contributed by atoms with E-state index in [4.69, 9.17) is 10.5 Å². The minimum absolute atomic E-state index is 0.0506. The summed E-state index contributed by atoms with van der Waals surface area (Å²) < 4.78 is 4.74.